The van der Waals surface area contributed by atoms with Gasteiger partial charge < -0.3 is 24.6 Å². The van der Waals surface area contributed by atoms with Gasteiger partial charge in [-0.1, -0.05) is 18.2 Å². The second-order valence-corrected chi connectivity index (χ2v) is 7.93. The summed E-state index contributed by atoms with van der Waals surface area (Å²) in [6.45, 7) is 7.06. The van der Waals surface area contributed by atoms with Crippen LogP contribution in [0.4, 0.5) is 4.79 Å². The topological polar surface area (TPSA) is 88.2 Å². The van der Waals surface area contributed by atoms with Gasteiger partial charge in [-0.15, -0.1) is 0 Å². The smallest absolute Gasteiger partial charge is 0.408 e. The molecule has 0 saturated carbocycles. The van der Waals surface area contributed by atoms with Crippen LogP contribution in [0.5, 0.6) is 5.75 Å². The lowest BCUT2D eigenvalue weighted by Crippen LogP contribution is -2.52. The molecule has 1 N–H and O–H groups in total. The molecule has 1 aromatic rings. The van der Waals surface area contributed by atoms with Crippen LogP contribution in [0.1, 0.15) is 32.8 Å². The number of carbonyl (C=O) groups is 3. The van der Waals surface area contributed by atoms with Crippen LogP contribution >= 0.6 is 0 Å². The van der Waals surface area contributed by atoms with Gasteiger partial charge in [0.15, 0.2) is 0 Å². The van der Waals surface area contributed by atoms with E-state index in [9.17, 15) is 14.4 Å². The highest BCUT2D eigenvalue weighted by Crippen LogP contribution is 2.19. The molecule has 1 aliphatic rings. The van der Waals surface area contributed by atoms with Gasteiger partial charge in [0, 0.05) is 32.6 Å². The Morgan fingerprint density at radius 3 is 2.17 bits per heavy atom. The summed E-state index contributed by atoms with van der Waals surface area (Å²) in [5.74, 6) is 0.667. The number of ether oxygens (including phenoxy) is 2. The van der Waals surface area contributed by atoms with E-state index in [0.717, 1.165) is 11.3 Å². The molecular weight excluding hydrogens is 374 g/mol. The molecule has 1 aliphatic heterocycles. The summed E-state index contributed by atoms with van der Waals surface area (Å²) >= 11 is 0. The van der Waals surface area contributed by atoms with Crippen LogP contribution in [-0.2, 0) is 20.7 Å². The molecule has 1 saturated heterocycles. The van der Waals surface area contributed by atoms with Crippen LogP contribution in [0.15, 0.2) is 24.3 Å². The minimum Gasteiger partial charge on any atom is -0.496 e. The van der Waals surface area contributed by atoms with Crippen molar-refractivity contribution in [2.24, 2.45) is 0 Å². The normalized spacial score (nSPS) is 14.3. The number of para-hydroxylation sites is 1. The van der Waals surface area contributed by atoms with E-state index in [1.54, 1.807) is 37.7 Å². The average molecular weight is 405 g/mol. The molecule has 8 heteroatoms. The van der Waals surface area contributed by atoms with Crippen LogP contribution in [0, 0.1) is 0 Å². The molecular formula is C21H31N3O5. The largest absolute Gasteiger partial charge is 0.496 e. The number of benzene rings is 1. The Kier molecular flexibility index (Phi) is 7.87. The highest BCUT2D eigenvalue weighted by Gasteiger charge is 2.25. The van der Waals surface area contributed by atoms with Crippen LogP contribution in [0.2, 0.25) is 0 Å². The predicted molar refractivity (Wildman–Crippen MR) is 109 cm³/mol. The zero-order chi connectivity index (χ0) is 21.4. The molecule has 3 amide bonds. The first-order valence-corrected chi connectivity index (χ1v) is 9.84. The Hall–Kier alpha value is -2.77. The molecule has 0 atom stereocenters. The van der Waals surface area contributed by atoms with Crippen molar-refractivity contribution in [1.82, 2.24) is 15.1 Å². The molecule has 8 nitrogen and oxygen atoms in total. The van der Waals surface area contributed by atoms with E-state index in [1.807, 2.05) is 24.3 Å². The molecule has 0 bridgehead atoms. The van der Waals surface area contributed by atoms with Crippen molar-refractivity contribution in [3.05, 3.63) is 29.8 Å². The predicted octanol–water partition coefficient (Wildman–Crippen LogP) is 1.82. The second kappa shape index (κ2) is 10.1. The molecule has 0 spiro atoms. The summed E-state index contributed by atoms with van der Waals surface area (Å²) in [5.41, 5.74) is 0.397. The molecule has 1 fully saturated rings. The zero-order valence-electron chi connectivity index (χ0n) is 17.7. The monoisotopic (exact) mass is 405 g/mol. The maximum Gasteiger partial charge on any atom is 0.408 e. The third kappa shape index (κ3) is 7.29. The van der Waals surface area contributed by atoms with Crippen LogP contribution in [-0.4, -0.2) is 73.1 Å². The number of carbonyl (C=O) groups excluding carboxylic acids is 3. The Labute approximate surface area is 172 Å². The lowest BCUT2D eigenvalue weighted by Gasteiger charge is -2.35. The fraction of sp³-hybridized carbons (Fsp3) is 0.571. The van der Waals surface area contributed by atoms with E-state index < -0.39 is 11.7 Å². The minimum absolute atomic E-state index is 0.0647. The molecule has 0 aliphatic carbocycles. The highest BCUT2D eigenvalue weighted by atomic mass is 16.6. The number of methoxy groups -OCH3 is 1. The lowest BCUT2D eigenvalue weighted by molar-refractivity contribution is -0.139. The number of nitrogens with zero attached hydrogens (tertiary/aromatic N) is 2. The number of hydrogen-bond donors (Lipinski definition) is 1. The van der Waals surface area contributed by atoms with Crippen molar-refractivity contribution in [2.75, 3.05) is 39.8 Å². The van der Waals surface area contributed by atoms with Crippen molar-refractivity contribution in [3.63, 3.8) is 0 Å². The Balaban J connectivity index is 1.73. The first-order chi connectivity index (χ1) is 13.7. The third-order valence-electron chi connectivity index (χ3n) is 4.57. The maximum atomic E-state index is 12.5. The van der Waals surface area contributed by atoms with Crippen molar-refractivity contribution < 1.29 is 23.9 Å². The van der Waals surface area contributed by atoms with Crippen molar-refractivity contribution in [1.29, 1.82) is 0 Å². The molecule has 0 aromatic heterocycles. The maximum absolute atomic E-state index is 12.5. The van der Waals surface area contributed by atoms with Crippen molar-refractivity contribution >= 4 is 17.9 Å². The Bertz CT molecular complexity index is 721. The summed E-state index contributed by atoms with van der Waals surface area (Å²) in [4.78, 5) is 39.9. The van der Waals surface area contributed by atoms with E-state index >= 15 is 0 Å². The quantitative estimate of drug-likeness (QED) is 0.780. The number of nitrogens with one attached hydrogen (secondary N) is 1. The van der Waals surface area contributed by atoms with Gasteiger partial charge in [-0.3, -0.25) is 9.59 Å². The van der Waals surface area contributed by atoms with Gasteiger partial charge in [-0.25, -0.2) is 4.79 Å². The van der Waals surface area contributed by atoms with Crippen LogP contribution in [0.3, 0.4) is 0 Å². The summed E-state index contributed by atoms with van der Waals surface area (Å²) < 4.78 is 10.4. The third-order valence-corrected chi connectivity index (χ3v) is 4.57. The number of amides is 3. The van der Waals surface area contributed by atoms with Crippen molar-refractivity contribution in [3.8, 4) is 5.75 Å². The summed E-state index contributed by atoms with van der Waals surface area (Å²) in [7, 11) is 1.62. The number of aryl methyl sites for hydroxylation is 1. The number of alkyl carbamates (subject to hydrolysis) is 1. The molecule has 160 valence electrons. The van der Waals surface area contributed by atoms with Crippen LogP contribution < -0.4 is 10.1 Å². The average Bonchev–Trinajstić information content (AvgIpc) is 2.69. The second-order valence-electron chi connectivity index (χ2n) is 7.93. The van der Waals surface area contributed by atoms with Gasteiger partial charge in [-0.2, -0.15) is 0 Å². The first-order valence-electron chi connectivity index (χ1n) is 9.84. The Morgan fingerprint density at radius 1 is 1.00 bits per heavy atom. The molecule has 1 heterocycles. The SMILES string of the molecule is COc1ccccc1CCC(=O)N1CCN(C(=O)CNC(=O)OC(C)(C)C)CC1. The molecule has 1 aromatic carbocycles. The van der Waals surface area contributed by atoms with E-state index in [1.165, 1.54) is 0 Å². The van der Waals surface area contributed by atoms with Gasteiger partial charge >= 0.3 is 6.09 Å². The van der Waals surface area contributed by atoms with Gasteiger partial charge in [-0.05, 0) is 38.8 Å². The standard InChI is InChI=1S/C21H31N3O5/c1-21(2,3)29-20(27)22-15-19(26)24-13-11-23(12-14-24)18(25)10-9-16-7-5-6-8-17(16)28-4/h5-8H,9-15H2,1-4H3,(H,22,27). The lowest BCUT2D eigenvalue weighted by atomic mass is 10.1. The molecule has 0 radical (unpaired) electrons. The van der Waals surface area contributed by atoms with Gasteiger partial charge in [0.05, 0.1) is 7.11 Å². The van der Waals surface area contributed by atoms with E-state index in [-0.39, 0.29) is 18.4 Å². The van der Waals surface area contributed by atoms with Gasteiger partial charge in [0.2, 0.25) is 11.8 Å². The number of piperazine rings is 1. The van der Waals surface area contributed by atoms with Crippen LogP contribution in [0.25, 0.3) is 0 Å². The summed E-state index contributed by atoms with van der Waals surface area (Å²) in [6.07, 6.45) is 0.395. The van der Waals surface area contributed by atoms with E-state index in [4.69, 9.17) is 9.47 Å². The van der Waals surface area contributed by atoms with E-state index in [2.05, 4.69) is 5.32 Å². The number of rotatable bonds is 6. The Morgan fingerprint density at radius 2 is 1.59 bits per heavy atom. The zero-order valence-corrected chi connectivity index (χ0v) is 17.7. The summed E-state index contributed by atoms with van der Waals surface area (Å²) in [5, 5.41) is 2.47. The minimum atomic E-state index is -0.615. The fourth-order valence-electron chi connectivity index (χ4n) is 3.09. The molecule has 2 rings (SSSR count). The van der Waals surface area contributed by atoms with Gasteiger partial charge in [0.25, 0.3) is 0 Å². The van der Waals surface area contributed by atoms with Gasteiger partial charge in [0.1, 0.15) is 17.9 Å². The summed E-state index contributed by atoms with van der Waals surface area (Å²) in [6, 6.07) is 7.67. The number of hydrogen-bond acceptors (Lipinski definition) is 5. The highest BCUT2D eigenvalue weighted by molar-refractivity contribution is 5.83. The van der Waals surface area contributed by atoms with Crippen molar-refractivity contribution in [2.45, 2.75) is 39.2 Å². The fourth-order valence-corrected chi connectivity index (χ4v) is 3.09. The molecule has 29 heavy (non-hydrogen) atoms. The molecule has 0 unspecified atom stereocenters. The first kappa shape index (κ1) is 22.5. The van der Waals surface area contributed by atoms with E-state index in [0.29, 0.717) is 39.0 Å².